The zero-order valence-corrected chi connectivity index (χ0v) is 17.3. The number of pyridine rings is 1. The van der Waals surface area contributed by atoms with Crippen LogP contribution in [0.1, 0.15) is 41.7 Å². The summed E-state index contributed by atoms with van der Waals surface area (Å²) < 4.78 is 1.91. The van der Waals surface area contributed by atoms with Crippen molar-refractivity contribution >= 4 is 22.7 Å². The Kier molecular flexibility index (Phi) is 6.12. The molecule has 1 fully saturated rings. The average molecular weight is 405 g/mol. The van der Waals surface area contributed by atoms with E-state index in [0.717, 1.165) is 48.6 Å². The number of nitrogens with one attached hydrogen (secondary N) is 2. The molecule has 3 aromatic rings. The van der Waals surface area contributed by atoms with E-state index in [1.807, 2.05) is 54.1 Å². The molecule has 6 nitrogen and oxygen atoms in total. The van der Waals surface area contributed by atoms with Gasteiger partial charge in [0, 0.05) is 42.9 Å². The van der Waals surface area contributed by atoms with Crippen LogP contribution in [-0.2, 0) is 18.3 Å². The molecule has 0 saturated heterocycles. The molecule has 4 rings (SSSR count). The van der Waals surface area contributed by atoms with E-state index in [0.29, 0.717) is 12.2 Å². The van der Waals surface area contributed by atoms with E-state index < -0.39 is 0 Å². The van der Waals surface area contributed by atoms with Crippen molar-refractivity contribution in [2.75, 3.05) is 6.54 Å². The standard InChI is InChI=1S/C24H28N4O2/c1-28-21-9-5-2-6-18(21)16-22(28)24(30)27-20-8-4-3-7-19(20)23(29)26-15-12-17-10-13-25-14-11-17/h2,5-6,9-11,13-14,16,19-20H,3-4,7-8,12,15H2,1H3,(H,26,29)(H,27,30)/t19-,20+/m1/s1. The van der Waals surface area contributed by atoms with Crippen molar-refractivity contribution in [3.63, 3.8) is 0 Å². The van der Waals surface area contributed by atoms with Crippen LogP contribution in [0.25, 0.3) is 10.9 Å². The summed E-state index contributed by atoms with van der Waals surface area (Å²) in [5.41, 5.74) is 2.80. The van der Waals surface area contributed by atoms with Gasteiger partial charge in [0.15, 0.2) is 0 Å². The lowest BCUT2D eigenvalue weighted by atomic mass is 9.83. The number of amides is 2. The summed E-state index contributed by atoms with van der Waals surface area (Å²) in [7, 11) is 1.90. The van der Waals surface area contributed by atoms with Crippen LogP contribution in [0.15, 0.2) is 54.9 Å². The summed E-state index contributed by atoms with van der Waals surface area (Å²) in [6.45, 7) is 0.587. The molecule has 0 aliphatic heterocycles. The lowest BCUT2D eigenvalue weighted by Gasteiger charge is -2.31. The van der Waals surface area contributed by atoms with Crippen molar-refractivity contribution < 1.29 is 9.59 Å². The molecule has 1 aromatic carbocycles. The summed E-state index contributed by atoms with van der Waals surface area (Å²) in [6.07, 6.45) is 7.98. The third kappa shape index (κ3) is 4.37. The van der Waals surface area contributed by atoms with Crippen LogP contribution in [0.2, 0.25) is 0 Å². The highest BCUT2D eigenvalue weighted by molar-refractivity contribution is 5.99. The van der Waals surface area contributed by atoms with Crippen LogP contribution in [0.5, 0.6) is 0 Å². The topological polar surface area (TPSA) is 76.0 Å². The van der Waals surface area contributed by atoms with Crippen molar-refractivity contribution in [2.24, 2.45) is 13.0 Å². The van der Waals surface area contributed by atoms with Crippen molar-refractivity contribution in [2.45, 2.75) is 38.1 Å². The second-order valence-electron chi connectivity index (χ2n) is 8.01. The van der Waals surface area contributed by atoms with E-state index in [-0.39, 0.29) is 23.8 Å². The van der Waals surface area contributed by atoms with Crippen LogP contribution in [-0.4, -0.2) is 34.0 Å². The third-order valence-electron chi connectivity index (χ3n) is 6.07. The Morgan fingerprint density at radius 3 is 2.67 bits per heavy atom. The largest absolute Gasteiger partial charge is 0.355 e. The Hall–Kier alpha value is -3.15. The molecule has 2 N–H and O–H groups in total. The number of rotatable bonds is 6. The molecule has 30 heavy (non-hydrogen) atoms. The second-order valence-corrected chi connectivity index (χ2v) is 8.01. The highest BCUT2D eigenvalue weighted by Crippen LogP contribution is 2.26. The van der Waals surface area contributed by atoms with Gasteiger partial charge in [-0.3, -0.25) is 14.6 Å². The van der Waals surface area contributed by atoms with E-state index >= 15 is 0 Å². The first-order chi connectivity index (χ1) is 14.6. The number of aromatic nitrogens is 2. The van der Waals surface area contributed by atoms with Gasteiger partial charge in [-0.25, -0.2) is 0 Å². The van der Waals surface area contributed by atoms with Gasteiger partial charge >= 0.3 is 0 Å². The molecule has 0 radical (unpaired) electrons. The molecule has 0 unspecified atom stereocenters. The van der Waals surface area contributed by atoms with E-state index in [9.17, 15) is 9.59 Å². The lowest BCUT2D eigenvalue weighted by Crippen LogP contribution is -2.48. The zero-order chi connectivity index (χ0) is 20.9. The molecule has 2 atom stereocenters. The van der Waals surface area contributed by atoms with Crippen LogP contribution in [0.3, 0.4) is 0 Å². The molecule has 2 aromatic heterocycles. The van der Waals surface area contributed by atoms with Crippen LogP contribution in [0.4, 0.5) is 0 Å². The predicted octanol–water partition coefficient (Wildman–Crippen LogP) is 3.22. The molecule has 1 aliphatic rings. The third-order valence-corrected chi connectivity index (χ3v) is 6.07. The smallest absolute Gasteiger partial charge is 0.268 e. The number of aryl methyl sites for hydroxylation is 1. The number of carbonyl (C=O) groups excluding carboxylic acids is 2. The van der Waals surface area contributed by atoms with E-state index in [1.54, 1.807) is 12.4 Å². The molecule has 2 amide bonds. The molecule has 6 heteroatoms. The van der Waals surface area contributed by atoms with Gasteiger partial charge in [-0.2, -0.15) is 0 Å². The number of para-hydroxylation sites is 1. The monoisotopic (exact) mass is 404 g/mol. The Balaban J connectivity index is 1.39. The van der Waals surface area contributed by atoms with Crippen LogP contribution in [0, 0.1) is 5.92 Å². The zero-order valence-electron chi connectivity index (χ0n) is 17.3. The SMILES string of the molecule is Cn1c(C(=O)N[C@H]2CCCC[C@H]2C(=O)NCCc2ccncc2)cc2ccccc21. The van der Waals surface area contributed by atoms with Crippen molar-refractivity contribution in [1.82, 2.24) is 20.2 Å². The fourth-order valence-corrected chi connectivity index (χ4v) is 4.38. The van der Waals surface area contributed by atoms with Crippen molar-refractivity contribution in [1.29, 1.82) is 0 Å². The first-order valence-corrected chi connectivity index (χ1v) is 10.7. The Bertz CT molecular complexity index is 1030. The van der Waals surface area contributed by atoms with Crippen LogP contribution < -0.4 is 10.6 Å². The highest BCUT2D eigenvalue weighted by Gasteiger charge is 2.32. The van der Waals surface area contributed by atoms with Gasteiger partial charge in [-0.05, 0) is 49.1 Å². The maximum Gasteiger partial charge on any atom is 0.268 e. The van der Waals surface area contributed by atoms with Gasteiger partial charge in [-0.1, -0.05) is 31.0 Å². The van der Waals surface area contributed by atoms with Crippen LogP contribution >= 0.6 is 0 Å². The van der Waals surface area contributed by atoms with Gasteiger partial charge < -0.3 is 15.2 Å². The van der Waals surface area contributed by atoms with Gasteiger partial charge in [0.05, 0.1) is 5.92 Å². The Morgan fingerprint density at radius 1 is 1.10 bits per heavy atom. The van der Waals surface area contributed by atoms with Gasteiger partial charge in [0.25, 0.3) is 5.91 Å². The number of benzene rings is 1. The maximum atomic E-state index is 13.0. The first-order valence-electron chi connectivity index (χ1n) is 10.7. The van der Waals surface area contributed by atoms with Crippen molar-refractivity contribution in [3.05, 3.63) is 66.1 Å². The minimum atomic E-state index is -0.185. The number of hydrogen-bond acceptors (Lipinski definition) is 3. The minimum Gasteiger partial charge on any atom is -0.355 e. The molecule has 156 valence electrons. The summed E-state index contributed by atoms with van der Waals surface area (Å²) in [5.74, 6) is -0.267. The predicted molar refractivity (Wildman–Crippen MR) is 117 cm³/mol. The van der Waals surface area contributed by atoms with Crippen molar-refractivity contribution in [3.8, 4) is 0 Å². The molecule has 2 heterocycles. The van der Waals surface area contributed by atoms with Gasteiger partial charge in [0.1, 0.15) is 5.69 Å². The summed E-state index contributed by atoms with van der Waals surface area (Å²) in [6, 6.07) is 13.6. The maximum absolute atomic E-state index is 13.0. The van der Waals surface area contributed by atoms with E-state index in [4.69, 9.17) is 0 Å². The molecular formula is C24H28N4O2. The fourth-order valence-electron chi connectivity index (χ4n) is 4.38. The normalized spacial score (nSPS) is 18.8. The highest BCUT2D eigenvalue weighted by atomic mass is 16.2. The second kappa shape index (κ2) is 9.11. The molecule has 1 aliphatic carbocycles. The molecule has 0 spiro atoms. The van der Waals surface area contributed by atoms with E-state index in [1.165, 1.54) is 0 Å². The molecular weight excluding hydrogens is 376 g/mol. The lowest BCUT2D eigenvalue weighted by molar-refractivity contribution is -0.126. The Morgan fingerprint density at radius 2 is 1.87 bits per heavy atom. The summed E-state index contributed by atoms with van der Waals surface area (Å²) in [4.78, 5) is 29.9. The molecule has 0 bridgehead atoms. The van der Waals surface area contributed by atoms with Gasteiger partial charge in [0.2, 0.25) is 5.91 Å². The average Bonchev–Trinajstić information content (AvgIpc) is 3.12. The minimum absolute atomic E-state index is 0.0334. The molecule has 1 saturated carbocycles. The number of fused-ring (bicyclic) bond motifs is 1. The Labute approximate surface area is 176 Å². The summed E-state index contributed by atoms with van der Waals surface area (Å²) >= 11 is 0. The number of nitrogens with zero attached hydrogens (tertiary/aromatic N) is 2. The first kappa shape index (κ1) is 20.1. The fraction of sp³-hybridized carbons (Fsp3) is 0.375. The number of carbonyl (C=O) groups is 2. The van der Waals surface area contributed by atoms with Gasteiger partial charge in [-0.15, -0.1) is 0 Å². The number of hydrogen-bond donors (Lipinski definition) is 2. The summed E-state index contributed by atoms with van der Waals surface area (Å²) in [5, 5.41) is 7.25. The quantitative estimate of drug-likeness (QED) is 0.662. The van der Waals surface area contributed by atoms with E-state index in [2.05, 4.69) is 15.6 Å².